The molecule has 1 aliphatic rings. The van der Waals surface area contributed by atoms with E-state index in [0.717, 1.165) is 23.6 Å². The van der Waals surface area contributed by atoms with Crippen LogP contribution in [0.5, 0.6) is 11.5 Å². The largest absolute Gasteiger partial charge is 0.454 e. The van der Waals surface area contributed by atoms with E-state index in [4.69, 9.17) is 9.47 Å². The molecule has 33 heavy (non-hydrogen) atoms. The maximum atomic E-state index is 12.6. The normalized spacial score (nSPS) is 12.3. The van der Waals surface area contributed by atoms with Gasteiger partial charge in [-0.1, -0.05) is 48.0 Å². The van der Waals surface area contributed by atoms with Crippen LogP contribution in [-0.2, 0) is 24.3 Å². The Hall–Kier alpha value is -3.73. The quantitative estimate of drug-likeness (QED) is 0.425. The predicted octanol–water partition coefficient (Wildman–Crippen LogP) is 5.28. The van der Waals surface area contributed by atoms with E-state index in [9.17, 15) is 4.79 Å². The highest BCUT2D eigenvalue weighted by Crippen LogP contribution is 2.32. The lowest BCUT2D eigenvalue weighted by molar-refractivity contribution is -0.121. The molecule has 0 bridgehead atoms. The third kappa shape index (κ3) is 4.58. The number of aryl methyl sites for hydroxylation is 3. The minimum Gasteiger partial charge on any atom is -0.454 e. The first-order valence-corrected chi connectivity index (χ1v) is 11.3. The lowest BCUT2D eigenvalue weighted by atomic mass is 10.1. The highest BCUT2D eigenvalue weighted by atomic mass is 16.7. The van der Waals surface area contributed by atoms with Crippen LogP contribution in [0, 0.1) is 13.8 Å². The van der Waals surface area contributed by atoms with E-state index in [-0.39, 0.29) is 12.7 Å². The molecule has 0 atom stereocenters. The summed E-state index contributed by atoms with van der Waals surface area (Å²) in [6, 6.07) is 20.8. The third-order valence-corrected chi connectivity index (χ3v) is 6.26. The van der Waals surface area contributed by atoms with Crippen molar-refractivity contribution < 1.29 is 14.3 Å². The number of hydrogen-bond donors (Lipinski definition) is 1. The van der Waals surface area contributed by atoms with Crippen LogP contribution in [0.1, 0.15) is 34.2 Å². The fraction of sp³-hybridized carbons (Fsp3) is 0.250. The molecular formula is C28H28N2O3. The number of nitrogens with zero attached hydrogens (tertiary/aromatic N) is 1. The maximum absolute atomic E-state index is 12.6. The number of benzene rings is 3. The van der Waals surface area contributed by atoms with Crippen LogP contribution in [0.3, 0.4) is 0 Å². The van der Waals surface area contributed by atoms with Gasteiger partial charge in [0.15, 0.2) is 11.5 Å². The number of nitrogens with one attached hydrogen (secondary N) is 1. The van der Waals surface area contributed by atoms with Crippen molar-refractivity contribution in [3.8, 4) is 11.5 Å². The average Bonchev–Trinajstić information content (AvgIpc) is 3.43. The van der Waals surface area contributed by atoms with Crippen molar-refractivity contribution in [3.05, 3.63) is 94.7 Å². The Morgan fingerprint density at radius 3 is 2.73 bits per heavy atom. The second kappa shape index (κ2) is 9.02. The molecule has 4 aromatic rings. The first kappa shape index (κ1) is 21.1. The molecule has 1 aliphatic heterocycles. The zero-order valence-electron chi connectivity index (χ0n) is 19.1. The standard InChI is InChI=1S/C28H28N2O3/c1-19-7-8-20(2)23(13-19)17-30-16-22(24-5-3-4-6-25(24)30)10-12-28(31)29-15-21-9-11-26-27(14-21)33-18-32-26/h3-9,11,13-14,16H,10,12,15,17-18H2,1-2H3,(H,29,31). The van der Waals surface area contributed by atoms with E-state index in [1.54, 1.807) is 0 Å². The average molecular weight is 441 g/mol. The molecule has 1 aromatic heterocycles. The number of para-hydroxylation sites is 1. The number of amides is 1. The van der Waals surface area contributed by atoms with Crippen LogP contribution in [0.4, 0.5) is 0 Å². The van der Waals surface area contributed by atoms with Crippen molar-refractivity contribution in [3.63, 3.8) is 0 Å². The molecule has 1 amide bonds. The summed E-state index contributed by atoms with van der Waals surface area (Å²) in [6.45, 7) is 5.84. The van der Waals surface area contributed by atoms with Crippen molar-refractivity contribution in [2.75, 3.05) is 6.79 Å². The number of carbonyl (C=O) groups excluding carboxylic acids is 1. The molecular weight excluding hydrogens is 412 g/mol. The minimum atomic E-state index is 0.0408. The van der Waals surface area contributed by atoms with Crippen molar-refractivity contribution >= 4 is 16.8 Å². The Morgan fingerprint density at radius 2 is 1.82 bits per heavy atom. The van der Waals surface area contributed by atoms with Crippen LogP contribution >= 0.6 is 0 Å². The number of rotatable bonds is 7. The van der Waals surface area contributed by atoms with Crippen molar-refractivity contribution in [2.45, 2.75) is 39.8 Å². The number of hydrogen-bond acceptors (Lipinski definition) is 3. The lowest BCUT2D eigenvalue weighted by Crippen LogP contribution is -2.22. The molecule has 0 unspecified atom stereocenters. The van der Waals surface area contributed by atoms with E-state index in [2.05, 4.69) is 72.4 Å². The van der Waals surface area contributed by atoms with Gasteiger partial charge in [-0.25, -0.2) is 0 Å². The zero-order valence-corrected chi connectivity index (χ0v) is 19.1. The van der Waals surface area contributed by atoms with Gasteiger partial charge in [0.2, 0.25) is 12.7 Å². The number of carbonyl (C=O) groups is 1. The van der Waals surface area contributed by atoms with Gasteiger partial charge in [-0.05, 0) is 60.7 Å². The number of fused-ring (bicyclic) bond motifs is 2. The molecule has 1 N–H and O–H groups in total. The second-order valence-electron chi connectivity index (χ2n) is 8.69. The number of aromatic nitrogens is 1. The summed E-state index contributed by atoms with van der Waals surface area (Å²) in [5.41, 5.74) is 7.29. The highest BCUT2D eigenvalue weighted by Gasteiger charge is 2.14. The second-order valence-corrected chi connectivity index (χ2v) is 8.69. The van der Waals surface area contributed by atoms with Gasteiger partial charge in [0.25, 0.3) is 0 Å². The third-order valence-electron chi connectivity index (χ3n) is 6.26. The molecule has 168 valence electrons. The molecule has 0 spiro atoms. The summed E-state index contributed by atoms with van der Waals surface area (Å²) in [6.07, 6.45) is 3.35. The van der Waals surface area contributed by atoms with Gasteiger partial charge >= 0.3 is 0 Å². The van der Waals surface area contributed by atoms with Crippen LogP contribution in [0.15, 0.2) is 66.9 Å². The maximum Gasteiger partial charge on any atom is 0.231 e. The SMILES string of the molecule is Cc1ccc(C)c(Cn2cc(CCC(=O)NCc3ccc4c(c3)OCO4)c3ccccc32)c1. The van der Waals surface area contributed by atoms with Crippen LogP contribution in [0.25, 0.3) is 10.9 Å². The Bertz CT molecular complexity index is 1320. The number of ether oxygens (including phenoxy) is 2. The monoisotopic (exact) mass is 440 g/mol. The summed E-state index contributed by atoms with van der Waals surface area (Å²) in [4.78, 5) is 12.6. The van der Waals surface area contributed by atoms with Gasteiger partial charge in [0, 0.05) is 36.6 Å². The van der Waals surface area contributed by atoms with Crippen molar-refractivity contribution in [2.24, 2.45) is 0 Å². The molecule has 5 nitrogen and oxygen atoms in total. The molecule has 3 aromatic carbocycles. The van der Waals surface area contributed by atoms with E-state index in [0.29, 0.717) is 19.4 Å². The zero-order chi connectivity index (χ0) is 22.8. The fourth-order valence-electron chi connectivity index (χ4n) is 4.40. The highest BCUT2D eigenvalue weighted by molar-refractivity contribution is 5.85. The molecule has 0 fully saturated rings. The molecule has 0 aliphatic carbocycles. The summed E-state index contributed by atoms with van der Waals surface area (Å²) in [7, 11) is 0. The summed E-state index contributed by atoms with van der Waals surface area (Å²) < 4.78 is 13.1. The van der Waals surface area contributed by atoms with Gasteiger partial charge in [-0.15, -0.1) is 0 Å². The molecule has 5 heteroatoms. The summed E-state index contributed by atoms with van der Waals surface area (Å²) in [5.74, 6) is 1.53. The van der Waals surface area contributed by atoms with E-state index < -0.39 is 0 Å². The smallest absolute Gasteiger partial charge is 0.231 e. The van der Waals surface area contributed by atoms with E-state index >= 15 is 0 Å². The minimum absolute atomic E-state index is 0.0408. The Morgan fingerprint density at radius 1 is 0.970 bits per heavy atom. The van der Waals surface area contributed by atoms with Gasteiger partial charge in [-0.2, -0.15) is 0 Å². The van der Waals surface area contributed by atoms with Gasteiger partial charge in [0.1, 0.15) is 0 Å². The lowest BCUT2D eigenvalue weighted by Gasteiger charge is -2.10. The first-order chi connectivity index (χ1) is 16.1. The van der Waals surface area contributed by atoms with Crippen molar-refractivity contribution in [1.82, 2.24) is 9.88 Å². The summed E-state index contributed by atoms with van der Waals surface area (Å²) >= 11 is 0. The van der Waals surface area contributed by atoms with Gasteiger partial charge in [-0.3, -0.25) is 4.79 Å². The van der Waals surface area contributed by atoms with Crippen LogP contribution in [-0.4, -0.2) is 17.3 Å². The Labute approximate surface area is 193 Å². The molecule has 0 radical (unpaired) electrons. The topological polar surface area (TPSA) is 52.5 Å². The van der Waals surface area contributed by atoms with Crippen LogP contribution in [0.2, 0.25) is 0 Å². The Balaban J connectivity index is 1.26. The summed E-state index contributed by atoms with van der Waals surface area (Å²) in [5, 5.41) is 4.24. The van der Waals surface area contributed by atoms with Crippen LogP contribution < -0.4 is 14.8 Å². The molecule has 0 saturated heterocycles. The predicted molar refractivity (Wildman–Crippen MR) is 130 cm³/mol. The molecule has 2 heterocycles. The van der Waals surface area contributed by atoms with E-state index in [1.165, 1.54) is 33.2 Å². The van der Waals surface area contributed by atoms with Crippen molar-refractivity contribution in [1.29, 1.82) is 0 Å². The molecule has 5 rings (SSSR count). The van der Waals surface area contributed by atoms with Gasteiger partial charge in [0.05, 0.1) is 0 Å². The van der Waals surface area contributed by atoms with E-state index in [1.807, 2.05) is 18.2 Å². The molecule has 0 saturated carbocycles. The Kier molecular flexibility index (Phi) is 5.78. The van der Waals surface area contributed by atoms with Gasteiger partial charge < -0.3 is 19.4 Å². The first-order valence-electron chi connectivity index (χ1n) is 11.3. The fourth-order valence-corrected chi connectivity index (χ4v) is 4.40.